The SMILES string of the molecule is CCCC(CC)=C(Cl)C(F)(F)Br. The Hall–Kier alpha value is 0.370. The van der Waals surface area contributed by atoms with E-state index in [4.69, 9.17) is 11.6 Å². The van der Waals surface area contributed by atoms with Crippen LogP contribution in [0.5, 0.6) is 0 Å². The topological polar surface area (TPSA) is 0 Å². The molecule has 12 heavy (non-hydrogen) atoms. The first-order valence-electron chi connectivity index (χ1n) is 3.88. The predicted molar refractivity (Wildman–Crippen MR) is 52.0 cm³/mol. The van der Waals surface area contributed by atoms with Crippen molar-refractivity contribution in [3.8, 4) is 0 Å². The standard InChI is InChI=1S/C8H12BrClF2/c1-3-5-6(4-2)7(10)8(9,11)12/h3-5H2,1-2H3. The van der Waals surface area contributed by atoms with Crippen molar-refractivity contribution in [3.05, 3.63) is 10.6 Å². The van der Waals surface area contributed by atoms with Crippen molar-refractivity contribution in [3.63, 3.8) is 0 Å². The molecule has 0 aromatic heterocycles. The second-order valence-corrected chi connectivity index (χ2v) is 3.89. The van der Waals surface area contributed by atoms with E-state index in [1.54, 1.807) is 0 Å². The predicted octanol–water partition coefficient (Wildman–Crippen LogP) is 4.68. The Bertz CT molecular complexity index is 172. The van der Waals surface area contributed by atoms with Crippen LogP contribution in [0, 0.1) is 0 Å². The average Bonchev–Trinajstić information content (AvgIpc) is 1.97. The van der Waals surface area contributed by atoms with Gasteiger partial charge in [-0.05, 0) is 34.3 Å². The highest BCUT2D eigenvalue weighted by Crippen LogP contribution is 2.37. The van der Waals surface area contributed by atoms with E-state index in [1.165, 1.54) is 0 Å². The highest BCUT2D eigenvalue weighted by atomic mass is 79.9. The maximum absolute atomic E-state index is 12.6. The first kappa shape index (κ1) is 12.4. The molecule has 0 bridgehead atoms. The molecule has 0 aliphatic heterocycles. The van der Waals surface area contributed by atoms with Crippen molar-refractivity contribution >= 4 is 27.5 Å². The van der Waals surface area contributed by atoms with Gasteiger partial charge in [0.1, 0.15) is 0 Å². The van der Waals surface area contributed by atoms with Gasteiger partial charge in [-0.1, -0.05) is 31.9 Å². The molecule has 0 aromatic rings. The summed E-state index contributed by atoms with van der Waals surface area (Å²) < 4.78 is 25.2. The molecule has 0 heterocycles. The molecule has 72 valence electrons. The lowest BCUT2D eigenvalue weighted by Gasteiger charge is -2.12. The van der Waals surface area contributed by atoms with E-state index >= 15 is 0 Å². The quantitative estimate of drug-likeness (QED) is 0.645. The minimum Gasteiger partial charge on any atom is -0.187 e. The third-order valence-electron chi connectivity index (χ3n) is 1.54. The summed E-state index contributed by atoms with van der Waals surface area (Å²) in [5, 5.41) is -0.355. The Morgan fingerprint density at radius 3 is 2.17 bits per heavy atom. The van der Waals surface area contributed by atoms with Crippen molar-refractivity contribution in [1.29, 1.82) is 0 Å². The molecule has 0 unspecified atom stereocenters. The van der Waals surface area contributed by atoms with Gasteiger partial charge in [-0.15, -0.1) is 0 Å². The summed E-state index contributed by atoms with van der Waals surface area (Å²) in [6.45, 7) is 3.76. The average molecular weight is 262 g/mol. The highest BCUT2D eigenvalue weighted by Gasteiger charge is 2.30. The van der Waals surface area contributed by atoms with Gasteiger partial charge in [0, 0.05) is 0 Å². The van der Waals surface area contributed by atoms with Gasteiger partial charge in [-0.3, -0.25) is 0 Å². The lowest BCUT2D eigenvalue weighted by atomic mass is 10.1. The third-order valence-corrected chi connectivity index (χ3v) is 2.67. The maximum atomic E-state index is 12.6. The molecule has 0 saturated carbocycles. The Morgan fingerprint density at radius 1 is 1.42 bits per heavy atom. The molecule has 0 nitrogen and oxygen atoms in total. The number of rotatable bonds is 4. The van der Waals surface area contributed by atoms with Crippen LogP contribution in [-0.4, -0.2) is 4.83 Å². The van der Waals surface area contributed by atoms with Crippen LogP contribution in [0.2, 0.25) is 0 Å². The van der Waals surface area contributed by atoms with Gasteiger partial charge in [-0.25, -0.2) is 0 Å². The number of allylic oxidation sites excluding steroid dienone is 2. The fraction of sp³-hybridized carbons (Fsp3) is 0.750. The lowest BCUT2D eigenvalue weighted by molar-refractivity contribution is 0.164. The first-order valence-corrected chi connectivity index (χ1v) is 5.05. The summed E-state index contributed by atoms with van der Waals surface area (Å²) in [6, 6.07) is 0. The summed E-state index contributed by atoms with van der Waals surface area (Å²) in [5.74, 6) is 0. The fourth-order valence-electron chi connectivity index (χ4n) is 0.944. The Balaban J connectivity index is 4.60. The first-order chi connectivity index (χ1) is 5.43. The number of alkyl halides is 3. The summed E-state index contributed by atoms with van der Waals surface area (Å²) >= 11 is 7.72. The minimum atomic E-state index is -3.06. The third kappa shape index (κ3) is 3.85. The Kier molecular flexibility index (Phi) is 5.34. The molecule has 0 aliphatic rings. The molecule has 0 radical (unpaired) electrons. The van der Waals surface area contributed by atoms with Crippen LogP contribution in [0.4, 0.5) is 8.78 Å². The molecule has 0 rings (SSSR count). The summed E-state index contributed by atoms with van der Waals surface area (Å²) in [4.78, 5) is -3.06. The van der Waals surface area contributed by atoms with Gasteiger partial charge < -0.3 is 0 Å². The van der Waals surface area contributed by atoms with Crippen LogP contribution in [0.15, 0.2) is 10.6 Å². The zero-order valence-electron chi connectivity index (χ0n) is 7.13. The van der Waals surface area contributed by atoms with Gasteiger partial charge >= 0.3 is 4.83 Å². The molecule has 0 amide bonds. The second-order valence-electron chi connectivity index (χ2n) is 2.52. The minimum absolute atomic E-state index is 0.355. The van der Waals surface area contributed by atoms with Gasteiger partial charge in [-0.2, -0.15) is 8.78 Å². The molecule has 0 spiro atoms. The largest absolute Gasteiger partial charge is 0.336 e. The van der Waals surface area contributed by atoms with Crippen molar-refractivity contribution < 1.29 is 8.78 Å². The van der Waals surface area contributed by atoms with E-state index in [-0.39, 0.29) is 5.03 Å². The molecule has 0 N–H and O–H groups in total. The summed E-state index contributed by atoms with van der Waals surface area (Å²) in [5.41, 5.74) is 0.626. The van der Waals surface area contributed by atoms with Crippen molar-refractivity contribution in [2.75, 3.05) is 0 Å². The molecule has 0 aliphatic carbocycles. The monoisotopic (exact) mass is 260 g/mol. The summed E-state index contributed by atoms with van der Waals surface area (Å²) in [6.07, 6.45) is 2.05. The van der Waals surface area contributed by atoms with E-state index in [2.05, 4.69) is 15.9 Å². The van der Waals surface area contributed by atoms with Gasteiger partial charge in [0.2, 0.25) is 0 Å². The van der Waals surface area contributed by atoms with Crippen LogP contribution in [-0.2, 0) is 0 Å². The Labute approximate surface area is 85.1 Å². The van der Waals surface area contributed by atoms with E-state index in [0.717, 1.165) is 6.42 Å². The van der Waals surface area contributed by atoms with Crippen LogP contribution in [0.25, 0.3) is 0 Å². The van der Waals surface area contributed by atoms with Crippen molar-refractivity contribution in [2.24, 2.45) is 0 Å². The fourth-order valence-corrected chi connectivity index (χ4v) is 1.45. The number of halogens is 4. The van der Waals surface area contributed by atoms with Crippen LogP contribution >= 0.6 is 27.5 Å². The number of hydrogen-bond donors (Lipinski definition) is 0. The summed E-state index contributed by atoms with van der Waals surface area (Å²) in [7, 11) is 0. The van der Waals surface area contributed by atoms with Gasteiger partial charge in [0.15, 0.2) is 0 Å². The zero-order valence-corrected chi connectivity index (χ0v) is 9.48. The van der Waals surface area contributed by atoms with E-state index in [1.807, 2.05) is 13.8 Å². The molecular formula is C8H12BrClF2. The maximum Gasteiger partial charge on any atom is 0.336 e. The smallest absolute Gasteiger partial charge is 0.187 e. The molecule has 0 fully saturated rings. The normalized spacial score (nSPS) is 14.5. The molecular weight excluding hydrogens is 249 g/mol. The molecule has 4 heteroatoms. The van der Waals surface area contributed by atoms with Crippen LogP contribution in [0.1, 0.15) is 33.1 Å². The van der Waals surface area contributed by atoms with E-state index in [9.17, 15) is 8.78 Å². The van der Waals surface area contributed by atoms with Gasteiger partial charge in [0.05, 0.1) is 5.03 Å². The van der Waals surface area contributed by atoms with Crippen molar-refractivity contribution in [1.82, 2.24) is 0 Å². The Morgan fingerprint density at radius 2 is 1.92 bits per heavy atom. The molecule has 0 aromatic carbocycles. The number of hydrogen-bond acceptors (Lipinski definition) is 0. The highest BCUT2D eigenvalue weighted by molar-refractivity contribution is 9.10. The second kappa shape index (κ2) is 5.18. The van der Waals surface area contributed by atoms with Crippen molar-refractivity contribution in [2.45, 2.75) is 37.9 Å². The van der Waals surface area contributed by atoms with E-state index < -0.39 is 4.83 Å². The van der Waals surface area contributed by atoms with E-state index in [0.29, 0.717) is 18.4 Å². The lowest BCUT2D eigenvalue weighted by Crippen LogP contribution is -2.07. The van der Waals surface area contributed by atoms with Crippen LogP contribution in [0.3, 0.4) is 0 Å². The van der Waals surface area contributed by atoms with Crippen LogP contribution < -0.4 is 0 Å². The molecule has 0 saturated heterocycles. The zero-order chi connectivity index (χ0) is 9.78. The van der Waals surface area contributed by atoms with Gasteiger partial charge in [0.25, 0.3) is 0 Å². The molecule has 0 atom stereocenters.